The molecule has 0 aromatic carbocycles. The predicted octanol–water partition coefficient (Wildman–Crippen LogP) is 0.811. The number of nitrogen functional groups attached to an aromatic ring is 1. The molecule has 5 nitrogen and oxygen atoms in total. The summed E-state index contributed by atoms with van der Waals surface area (Å²) in [5.41, 5.74) is 10.7. The van der Waals surface area contributed by atoms with Crippen LogP contribution in [0.4, 0.5) is 10.9 Å². The second kappa shape index (κ2) is 7.64. The minimum absolute atomic E-state index is 0. The van der Waals surface area contributed by atoms with Gasteiger partial charge in [0.2, 0.25) is 0 Å². The molecule has 8 heteroatoms. The van der Waals surface area contributed by atoms with Crippen molar-refractivity contribution < 1.29 is 0 Å². The van der Waals surface area contributed by atoms with E-state index in [0.29, 0.717) is 23.1 Å². The summed E-state index contributed by atoms with van der Waals surface area (Å²) in [7, 11) is 0. The third kappa shape index (κ3) is 3.98. The van der Waals surface area contributed by atoms with Gasteiger partial charge in [-0.05, 0) is 0 Å². The quantitative estimate of drug-likeness (QED) is 0.743. The van der Waals surface area contributed by atoms with Gasteiger partial charge < -0.3 is 16.8 Å². The highest BCUT2D eigenvalue weighted by Crippen LogP contribution is 2.23. The van der Waals surface area contributed by atoms with Gasteiger partial charge in [-0.25, -0.2) is 4.98 Å². The largest absolute Gasteiger partial charge is 0.382 e. The van der Waals surface area contributed by atoms with Crippen LogP contribution >= 0.6 is 36.2 Å². The summed E-state index contributed by atoms with van der Waals surface area (Å²) in [4.78, 5) is 4.37. The summed E-state index contributed by atoms with van der Waals surface area (Å²) >= 11 is 1.24. The smallest absolute Gasteiger partial charge is 0.186 e. The van der Waals surface area contributed by atoms with E-state index < -0.39 is 0 Å². The van der Waals surface area contributed by atoms with Crippen LogP contribution in [0.25, 0.3) is 0 Å². The number of hydrogen-bond acceptors (Lipinski definition) is 6. The summed E-state index contributed by atoms with van der Waals surface area (Å²) in [6.45, 7) is 1.17. The van der Waals surface area contributed by atoms with Crippen molar-refractivity contribution in [3.8, 4) is 6.07 Å². The molecule has 0 aliphatic carbocycles. The van der Waals surface area contributed by atoms with Gasteiger partial charge in [0.05, 0.1) is 0 Å². The van der Waals surface area contributed by atoms with Crippen molar-refractivity contribution in [2.24, 2.45) is 5.73 Å². The second-order valence-corrected chi connectivity index (χ2v) is 3.06. The van der Waals surface area contributed by atoms with Crippen LogP contribution in [-0.2, 0) is 0 Å². The number of nitrogens with zero attached hydrogens (tertiary/aromatic N) is 2. The van der Waals surface area contributed by atoms with Crippen molar-refractivity contribution in [2.75, 3.05) is 24.1 Å². The number of nitrogens with two attached hydrogens (primary N) is 2. The van der Waals surface area contributed by atoms with E-state index in [9.17, 15) is 0 Å². The van der Waals surface area contributed by atoms with Gasteiger partial charge in [-0.15, -0.1) is 24.8 Å². The molecule has 5 N–H and O–H groups in total. The van der Waals surface area contributed by atoms with E-state index in [2.05, 4.69) is 10.3 Å². The SMILES string of the molecule is Cl.Cl.N#Cc1sc(NCCN)nc1N. The zero-order valence-electron chi connectivity index (χ0n) is 7.19. The Labute approximate surface area is 98.3 Å². The van der Waals surface area contributed by atoms with E-state index in [1.807, 2.05) is 6.07 Å². The zero-order valence-corrected chi connectivity index (χ0v) is 9.64. The molecule has 1 rings (SSSR count). The highest BCUT2D eigenvalue weighted by molar-refractivity contribution is 7.16. The van der Waals surface area contributed by atoms with Gasteiger partial charge in [-0.3, -0.25) is 0 Å². The van der Waals surface area contributed by atoms with Gasteiger partial charge in [0, 0.05) is 13.1 Å². The number of aromatic nitrogens is 1. The predicted molar refractivity (Wildman–Crippen MR) is 63.3 cm³/mol. The van der Waals surface area contributed by atoms with Gasteiger partial charge in [-0.1, -0.05) is 11.3 Å². The molecule has 0 bridgehead atoms. The van der Waals surface area contributed by atoms with Gasteiger partial charge in [0.15, 0.2) is 10.9 Å². The third-order valence-electron chi connectivity index (χ3n) is 1.18. The summed E-state index contributed by atoms with van der Waals surface area (Å²) in [5.74, 6) is 0.280. The molecule has 0 spiro atoms. The summed E-state index contributed by atoms with van der Waals surface area (Å²) < 4.78 is 0. The second-order valence-electron chi connectivity index (χ2n) is 2.06. The Hall–Kier alpha value is -0.740. The van der Waals surface area contributed by atoms with Gasteiger partial charge in [0.1, 0.15) is 10.9 Å². The molecule has 0 amide bonds. The fourth-order valence-electron chi connectivity index (χ4n) is 0.667. The average Bonchev–Trinajstić information content (AvgIpc) is 2.43. The number of anilines is 2. The minimum atomic E-state index is 0. The topological polar surface area (TPSA) is 101 Å². The normalized spacial score (nSPS) is 8.00. The Bertz CT molecular complexity index is 308. The number of rotatable bonds is 3. The summed E-state index contributed by atoms with van der Waals surface area (Å²) in [5, 5.41) is 12.1. The molecule has 0 unspecified atom stereocenters. The molecule has 1 aromatic heterocycles. The molecular weight excluding hydrogens is 245 g/mol. The van der Waals surface area contributed by atoms with Crippen LogP contribution in [0.5, 0.6) is 0 Å². The molecule has 1 heterocycles. The van der Waals surface area contributed by atoms with Gasteiger partial charge in [0.25, 0.3) is 0 Å². The molecule has 0 fully saturated rings. The van der Waals surface area contributed by atoms with E-state index in [-0.39, 0.29) is 30.6 Å². The molecule has 80 valence electrons. The van der Waals surface area contributed by atoms with Crippen molar-refractivity contribution in [2.45, 2.75) is 0 Å². The number of halogens is 2. The van der Waals surface area contributed by atoms with Crippen LogP contribution in [0, 0.1) is 11.3 Å². The Morgan fingerprint density at radius 1 is 1.50 bits per heavy atom. The number of nitrogens with one attached hydrogen (secondary N) is 1. The minimum Gasteiger partial charge on any atom is -0.382 e. The Morgan fingerprint density at radius 3 is 2.57 bits per heavy atom. The maximum atomic E-state index is 8.55. The summed E-state index contributed by atoms with van der Waals surface area (Å²) in [6, 6.07) is 1.95. The number of thiazole rings is 1. The van der Waals surface area contributed by atoms with E-state index in [4.69, 9.17) is 16.7 Å². The van der Waals surface area contributed by atoms with E-state index >= 15 is 0 Å². The fraction of sp³-hybridized carbons (Fsp3) is 0.333. The van der Waals surface area contributed by atoms with Crippen molar-refractivity contribution in [1.82, 2.24) is 4.98 Å². The lowest BCUT2D eigenvalue weighted by Crippen LogP contribution is -2.12. The Kier molecular flexibility index (Phi) is 8.58. The van der Waals surface area contributed by atoms with Crippen molar-refractivity contribution in [1.29, 1.82) is 5.26 Å². The highest BCUT2D eigenvalue weighted by atomic mass is 35.5. The van der Waals surface area contributed by atoms with Crippen molar-refractivity contribution in [3.63, 3.8) is 0 Å². The average molecular weight is 256 g/mol. The molecular formula is C6H11Cl2N5S. The maximum Gasteiger partial charge on any atom is 0.186 e. The first-order chi connectivity index (χ1) is 5.77. The zero-order chi connectivity index (χ0) is 8.97. The molecule has 0 aliphatic heterocycles. The monoisotopic (exact) mass is 255 g/mol. The van der Waals surface area contributed by atoms with Crippen LogP contribution in [-0.4, -0.2) is 18.1 Å². The highest BCUT2D eigenvalue weighted by Gasteiger charge is 2.05. The van der Waals surface area contributed by atoms with Crippen LogP contribution < -0.4 is 16.8 Å². The molecule has 1 aromatic rings. The Balaban J connectivity index is 0. The number of hydrogen-bond donors (Lipinski definition) is 3. The van der Waals surface area contributed by atoms with Gasteiger partial charge in [-0.2, -0.15) is 5.26 Å². The fourth-order valence-corrected chi connectivity index (χ4v) is 1.37. The molecule has 0 saturated heterocycles. The standard InChI is InChI=1S/C6H9N5S.2ClH/c7-1-2-10-6-11-5(9)4(3-8)12-6;;/h1-2,7,9H2,(H,10,11);2*1H. The van der Waals surface area contributed by atoms with Crippen LogP contribution in [0.1, 0.15) is 4.88 Å². The first-order valence-electron chi connectivity index (χ1n) is 3.38. The molecule has 0 radical (unpaired) electrons. The lowest BCUT2D eigenvalue weighted by Gasteiger charge is -1.95. The molecule has 0 aliphatic rings. The van der Waals surface area contributed by atoms with Crippen LogP contribution in [0.15, 0.2) is 0 Å². The van der Waals surface area contributed by atoms with Crippen molar-refractivity contribution >= 4 is 47.1 Å². The van der Waals surface area contributed by atoms with E-state index in [1.165, 1.54) is 11.3 Å². The van der Waals surface area contributed by atoms with Gasteiger partial charge >= 0.3 is 0 Å². The first-order valence-corrected chi connectivity index (χ1v) is 4.20. The maximum absolute atomic E-state index is 8.55. The lowest BCUT2D eigenvalue weighted by atomic mass is 10.5. The molecule has 0 atom stereocenters. The molecule has 0 saturated carbocycles. The summed E-state index contributed by atoms with van der Waals surface area (Å²) in [6.07, 6.45) is 0. The lowest BCUT2D eigenvalue weighted by molar-refractivity contribution is 1.02. The van der Waals surface area contributed by atoms with E-state index in [1.54, 1.807) is 0 Å². The first kappa shape index (κ1) is 15.7. The number of nitriles is 1. The van der Waals surface area contributed by atoms with Crippen LogP contribution in [0.3, 0.4) is 0 Å². The van der Waals surface area contributed by atoms with Crippen LogP contribution in [0.2, 0.25) is 0 Å². The Morgan fingerprint density at radius 2 is 2.14 bits per heavy atom. The van der Waals surface area contributed by atoms with E-state index in [0.717, 1.165) is 0 Å². The molecule has 14 heavy (non-hydrogen) atoms. The third-order valence-corrected chi connectivity index (χ3v) is 2.11. The van der Waals surface area contributed by atoms with Crippen molar-refractivity contribution in [3.05, 3.63) is 4.88 Å².